The maximum atomic E-state index is 13.0. The van der Waals surface area contributed by atoms with Gasteiger partial charge in [0.2, 0.25) is 5.91 Å². The number of aromatic amines is 1. The van der Waals surface area contributed by atoms with Gasteiger partial charge in [-0.2, -0.15) is 0 Å². The molecule has 2 aromatic heterocycles. The minimum atomic E-state index is -0.348. The fourth-order valence-electron chi connectivity index (χ4n) is 5.07. The molecular formula is C26H32N4O. The summed E-state index contributed by atoms with van der Waals surface area (Å²) in [7, 11) is 0. The topological polar surface area (TPSA) is 61.0 Å². The highest BCUT2D eigenvalue weighted by Gasteiger charge is 2.32. The Balaban J connectivity index is 1.58. The second-order valence-electron chi connectivity index (χ2n) is 10.2. The van der Waals surface area contributed by atoms with Crippen molar-refractivity contribution in [3.63, 3.8) is 0 Å². The number of carbonyl (C=O) groups excluding carboxylic acids is 1. The molecule has 0 radical (unpaired) electrons. The molecule has 1 atom stereocenters. The Labute approximate surface area is 184 Å². The number of carbonyl (C=O) groups is 1. The Morgan fingerprint density at radius 3 is 2.77 bits per heavy atom. The number of hydrogen-bond acceptors (Lipinski definition) is 3. The molecule has 5 heteroatoms. The number of amides is 1. The molecule has 2 N–H and O–H groups in total. The lowest BCUT2D eigenvalue weighted by atomic mass is 9.86. The molecule has 2 aliphatic heterocycles. The van der Waals surface area contributed by atoms with Gasteiger partial charge in [-0.25, -0.2) is 4.98 Å². The van der Waals surface area contributed by atoms with Gasteiger partial charge in [0.05, 0.1) is 0 Å². The van der Waals surface area contributed by atoms with Crippen LogP contribution in [0.5, 0.6) is 0 Å². The summed E-state index contributed by atoms with van der Waals surface area (Å²) in [5.74, 6) is 0.241. The number of nitrogens with one attached hydrogen (secondary N) is 2. The van der Waals surface area contributed by atoms with E-state index in [-0.39, 0.29) is 11.3 Å². The predicted octanol–water partition coefficient (Wildman–Crippen LogP) is 4.89. The van der Waals surface area contributed by atoms with Gasteiger partial charge in [-0.1, -0.05) is 26.8 Å². The Morgan fingerprint density at radius 2 is 2.03 bits per heavy atom. The van der Waals surface area contributed by atoms with Crippen LogP contribution in [0.2, 0.25) is 0 Å². The number of H-pyrrole nitrogens is 1. The standard InChI is InChI=1S/C26H32N4O/c1-16-13-28-24-20(16)12-19(14-29-24)18-10-17-7-9-30(25(31)26(2,3)4)15-22(17)21(11-18)23-6-5-8-27-23/h10-14,23,27H,5-9,15H2,1-4H3,(H,28,29). The first kappa shape index (κ1) is 20.3. The van der Waals surface area contributed by atoms with Crippen molar-refractivity contribution in [3.8, 4) is 11.1 Å². The molecule has 5 nitrogen and oxygen atoms in total. The second kappa shape index (κ2) is 7.49. The second-order valence-corrected chi connectivity index (χ2v) is 10.2. The first-order chi connectivity index (χ1) is 14.8. The summed E-state index contributed by atoms with van der Waals surface area (Å²) in [5, 5.41) is 4.86. The van der Waals surface area contributed by atoms with Crippen molar-refractivity contribution in [2.75, 3.05) is 13.1 Å². The van der Waals surface area contributed by atoms with Crippen LogP contribution in [0.25, 0.3) is 22.2 Å². The molecule has 3 aromatic rings. The highest BCUT2D eigenvalue weighted by atomic mass is 16.2. The van der Waals surface area contributed by atoms with Crippen LogP contribution in [-0.4, -0.2) is 33.9 Å². The van der Waals surface area contributed by atoms with Gasteiger partial charge in [-0.15, -0.1) is 0 Å². The molecule has 1 amide bonds. The summed E-state index contributed by atoms with van der Waals surface area (Å²) in [5.41, 5.74) is 8.29. The van der Waals surface area contributed by atoms with Gasteiger partial charge >= 0.3 is 0 Å². The van der Waals surface area contributed by atoms with Crippen LogP contribution in [0.15, 0.2) is 30.6 Å². The molecule has 5 rings (SSSR count). The third kappa shape index (κ3) is 3.65. The predicted molar refractivity (Wildman–Crippen MR) is 125 cm³/mol. The largest absolute Gasteiger partial charge is 0.346 e. The van der Waals surface area contributed by atoms with E-state index in [0.29, 0.717) is 12.6 Å². The van der Waals surface area contributed by atoms with Crippen molar-refractivity contribution >= 4 is 16.9 Å². The van der Waals surface area contributed by atoms with Crippen LogP contribution in [0.1, 0.15) is 61.9 Å². The Kier molecular flexibility index (Phi) is 4.89. The van der Waals surface area contributed by atoms with Crippen LogP contribution in [0.3, 0.4) is 0 Å². The molecule has 1 fully saturated rings. The van der Waals surface area contributed by atoms with Crippen LogP contribution in [0, 0.1) is 12.3 Å². The van der Waals surface area contributed by atoms with E-state index < -0.39 is 0 Å². The Hall–Kier alpha value is -2.66. The molecule has 31 heavy (non-hydrogen) atoms. The summed E-state index contributed by atoms with van der Waals surface area (Å²) < 4.78 is 0. The molecule has 0 aliphatic carbocycles. The van der Waals surface area contributed by atoms with E-state index in [2.05, 4.69) is 45.3 Å². The Bertz CT molecular complexity index is 1150. The number of nitrogens with zero attached hydrogens (tertiary/aromatic N) is 2. The summed E-state index contributed by atoms with van der Waals surface area (Å²) in [6, 6.07) is 7.29. The zero-order valence-electron chi connectivity index (χ0n) is 19.0. The van der Waals surface area contributed by atoms with Crippen LogP contribution >= 0.6 is 0 Å². The molecule has 1 saturated heterocycles. The molecule has 0 saturated carbocycles. The third-order valence-electron chi connectivity index (χ3n) is 6.81. The van der Waals surface area contributed by atoms with Crippen LogP contribution < -0.4 is 5.32 Å². The summed E-state index contributed by atoms with van der Waals surface area (Å²) in [6.45, 7) is 10.7. The number of pyridine rings is 1. The smallest absolute Gasteiger partial charge is 0.228 e. The first-order valence-corrected chi connectivity index (χ1v) is 11.4. The van der Waals surface area contributed by atoms with E-state index in [1.165, 1.54) is 39.6 Å². The minimum Gasteiger partial charge on any atom is -0.346 e. The normalized spacial score (nSPS) is 19.1. The first-order valence-electron chi connectivity index (χ1n) is 11.4. The monoisotopic (exact) mass is 416 g/mol. The van der Waals surface area contributed by atoms with Crippen molar-refractivity contribution in [2.45, 2.75) is 59.5 Å². The van der Waals surface area contributed by atoms with Crippen LogP contribution in [0.4, 0.5) is 0 Å². The summed E-state index contributed by atoms with van der Waals surface area (Å²) in [6.07, 6.45) is 7.25. The van der Waals surface area contributed by atoms with Gasteiger partial charge in [0, 0.05) is 47.9 Å². The SMILES string of the molecule is Cc1c[nH]c2ncc(-c3cc4c(c(C5CCCN5)c3)CN(C(=O)C(C)(C)C)CC4)cc12. The molecule has 162 valence electrons. The van der Waals surface area contributed by atoms with Crippen molar-refractivity contribution in [3.05, 3.63) is 52.8 Å². The lowest BCUT2D eigenvalue weighted by Crippen LogP contribution is -2.42. The van der Waals surface area contributed by atoms with E-state index >= 15 is 0 Å². The number of hydrogen-bond donors (Lipinski definition) is 2. The minimum absolute atomic E-state index is 0.241. The maximum absolute atomic E-state index is 13.0. The molecule has 1 unspecified atom stereocenters. The summed E-state index contributed by atoms with van der Waals surface area (Å²) in [4.78, 5) is 22.9. The quantitative estimate of drug-likeness (QED) is 0.625. The molecule has 0 bridgehead atoms. The zero-order valence-corrected chi connectivity index (χ0v) is 19.0. The van der Waals surface area contributed by atoms with E-state index in [1.54, 1.807) is 0 Å². The fourth-order valence-corrected chi connectivity index (χ4v) is 5.07. The number of benzene rings is 1. The summed E-state index contributed by atoms with van der Waals surface area (Å²) >= 11 is 0. The average molecular weight is 417 g/mol. The number of aromatic nitrogens is 2. The molecule has 2 aliphatic rings. The van der Waals surface area contributed by atoms with Crippen LogP contribution in [-0.2, 0) is 17.8 Å². The highest BCUT2D eigenvalue weighted by molar-refractivity contribution is 5.85. The maximum Gasteiger partial charge on any atom is 0.228 e. The van der Waals surface area contributed by atoms with Crippen molar-refractivity contribution in [1.82, 2.24) is 20.2 Å². The zero-order chi connectivity index (χ0) is 21.8. The van der Waals surface area contributed by atoms with Crippen molar-refractivity contribution < 1.29 is 4.79 Å². The number of aryl methyl sites for hydroxylation is 1. The van der Waals surface area contributed by atoms with Gasteiger partial charge < -0.3 is 15.2 Å². The average Bonchev–Trinajstić information content (AvgIpc) is 3.41. The van der Waals surface area contributed by atoms with Gasteiger partial charge in [-0.3, -0.25) is 4.79 Å². The molecule has 4 heterocycles. The number of rotatable bonds is 2. The molecular weight excluding hydrogens is 384 g/mol. The van der Waals surface area contributed by atoms with Crippen molar-refractivity contribution in [1.29, 1.82) is 0 Å². The van der Waals surface area contributed by atoms with E-state index in [1.807, 2.05) is 33.2 Å². The highest BCUT2D eigenvalue weighted by Crippen LogP contribution is 2.37. The molecule has 0 spiro atoms. The van der Waals surface area contributed by atoms with Gasteiger partial charge in [0.25, 0.3) is 0 Å². The van der Waals surface area contributed by atoms with Gasteiger partial charge in [-0.05, 0) is 72.7 Å². The van der Waals surface area contributed by atoms with E-state index in [0.717, 1.165) is 37.1 Å². The third-order valence-corrected chi connectivity index (χ3v) is 6.81. The van der Waals surface area contributed by atoms with E-state index in [4.69, 9.17) is 0 Å². The van der Waals surface area contributed by atoms with E-state index in [9.17, 15) is 4.79 Å². The van der Waals surface area contributed by atoms with Gasteiger partial charge in [0.1, 0.15) is 5.65 Å². The Morgan fingerprint density at radius 1 is 1.19 bits per heavy atom. The van der Waals surface area contributed by atoms with Crippen molar-refractivity contribution in [2.24, 2.45) is 5.41 Å². The lowest BCUT2D eigenvalue weighted by Gasteiger charge is -2.35. The molecule has 1 aromatic carbocycles. The van der Waals surface area contributed by atoms with Gasteiger partial charge in [0.15, 0.2) is 0 Å². The number of fused-ring (bicyclic) bond motifs is 2. The fraction of sp³-hybridized carbons (Fsp3) is 0.462. The lowest BCUT2D eigenvalue weighted by molar-refractivity contribution is -0.140.